The van der Waals surface area contributed by atoms with E-state index in [4.69, 9.17) is 0 Å². The van der Waals surface area contributed by atoms with Gasteiger partial charge in [0.15, 0.2) is 0 Å². The van der Waals surface area contributed by atoms with E-state index < -0.39 is 0 Å². The van der Waals surface area contributed by atoms with E-state index in [-0.39, 0.29) is 28.7 Å². The molecule has 3 atom stereocenters. The summed E-state index contributed by atoms with van der Waals surface area (Å²) in [6, 6.07) is 2.77. The smallest absolute Gasteiger partial charge is 0.244 e. The van der Waals surface area contributed by atoms with Crippen molar-refractivity contribution in [3.8, 4) is 11.5 Å². The third-order valence-electron chi connectivity index (χ3n) is 5.09. The van der Waals surface area contributed by atoms with Crippen LogP contribution in [0.3, 0.4) is 0 Å². The fourth-order valence-electron chi connectivity index (χ4n) is 3.76. The standard InChI is InChI=1S/C16H19BrN2O3/c1-16-5-3-2-4-10(16)14(16)15(22)19-18-8-9-6-11(17)13(21)7-12(9)20/h6-8,10,14,20-21H,2-5H2,1H3,(H,19,22)/b18-8-/t10-,14-,16-/m0/s1. The van der Waals surface area contributed by atoms with E-state index in [9.17, 15) is 15.0 Å². The van der Waals surface area contributed by atoms with Gasteiger partial charge in [-0.05, 0) is 46.2 Å². The number of hydrogen-bond donors (Lipinski definition) is 3. The van der Waals surface area contributed by atoms with Crippen molar-refractivity contribution in [3.63, 3.8) is 0 Å². The monoisotopic (exact) mass is 366 g/mol. The molecule has 2 fully saturated rings. The molecule has 1 amide bonds. The average molecular weight is 367 g/mol. The number of halogens is 1. The molecule has 3 N–H and O–H groups in total. The van der Waals surface area contributed by atoms with Crippen LogP contribution in [0.1, 0.15) is 38.2 Å². The molecule has 5 nitrogen and oxygen atoms in total. The van der Waals surface area contributed by atoms with Crippen LogP contribution in [-0.4, -0.2) is 22.3 Å². The van der Waals surface area contributed by atoms with Crippen molar-refractivity contribution in [2.75, 3.05) is 0 Å². The number of fused-ring (bicyclic) bond motifs is 1. The van der Waals surface area contributed by atoms with Gasteiger partial charge in [-0.25, -0.2) is 5.43 Å². The molecule has 118 valence electrons. The maximum atomic E-state index is 12.2. The van der Waals surface area contributed by atoms with Crippen molar-refractivity contribution >= 4 is 28.1 Å². The van der Waals surface area contributed by atoms with Crippen molar-refractivity contribution in [1.29, 1.82) is 0 Å². The predicted molar refractivity (Wildman–Crippen MR) is 86.8 cm³/mol. The summed E-state index contributed by atoms with van der Waals surface area (Å²) in [6.07, 6.45) is 6.04. The Hall–Kier alpha value is -1.56. The maximum absolute atomic E-state index is 12.2. The van der Waals surface area contributed by atoms with Gasteiger partial charge in [0, 0.05) is 17.5 Å². The summed E-state index contributed by atoms with van der Waals surface area (Å²) in [7, 11) is 0. The van der Waals surface area contributed by atoms with Crippen LogP contribution in [0.15, 0.2) is 21.7 Å². The Kier molecular flexibility index (Phi) is 3.89. The van der Waals surface area contributed by atoms with Gasteiger partial charge < -0.3 is 10.2 Å². The molecular formula is C16H19BrN2O3. The number of carbonyl (C=O) groups excluding carboxylic acids is 1. The number of rotatable bonds is 3. The van der Waals surface area contributed by atoms with Crippen molar-refractivity contribution in [3.05, 3.63) is 22.2 Å². The molecule has 0 bridgehead atoms. The van der Waals surface area contributed by atoms with Crippen LogP contribution in [-0.2, 0) is 4.79 Å². The Morgan fingerprint density at radius 2 is 2.18 bits per heavy atom. The summed E-state index contributed by atoms with van der Waals surface area (Å²) in [5.74, 6) is 0.377. The predicted octanol–water partition coefficient (Wildman–Crippen LogP) is 3.14. The number of amides is 1. The van der Waals surface area contributed by atoms with Crippen molar-refractivity contribution in [2.24, 2.45) is 22.4 Å². The van der Waals surface area contributed by atoms with E-state index in [1.807, 2.05) is 0 Å². The average Bonchev–Trinajstić information content (AvgIpc) is 3.10. The SMILES string of the molecule is C[C@]12CCCC[C@H]1[C@H]2C(=O)N/N=C\c1cc(Br)c(O)cc1O. The van der Waals surface area contributed by atoms with Gasteiger partial charge in [0.05, 0.1) is 10.7 Å². The van der Waals surface area contributed by atoms with E-state index in [1.54, 1.807) is 6.07 Å². The van der Waals surface area contributed by atoms with Gasteiger partial charge in [-0.1, -0.05) is 19.8 Å². The van der Waals surface area contributed by atoms with E-state index in [1.165, 1.54) is 25.1 Å². The molecule has 2 aliphatic rings. The molecule has 0 saturated heterocycles. The number of nitrogens with one attached hydrogen (secondary N) is 1. The number of aromatic hydroxyl groups is 2. The summed E-state index contributed by atoms with van der Waals surface area (Å²) in [4.78, 5) is 12.2. The Labute approximate surface area is 137 Å². The summed E-state index contributed by atoms with van der Waals surface area (Å²) in [5, 5.41) is 23.1. The van der Waals surface area contributed by atoms with E-state index in [2.05, 4.69) is 33.4 Å². The Morgan fingerprint density at radius 3 is 2.86 bits per heavy atom. The van der Waals surface area contributed by atoms with Gasteiger partial charge in [-0.15, -0.1) is 0 Å². The lowest BCUT2D eigenvalue weighted by molar-refractivity contribution is -0.123. The molecule has 6 heteroatoms. The minimum absolute atomic E-state index is 0.0389. The summed E-state index contributed by atoms with van der Waals surface area (Å²) < 4.78 is 0.457. The minimum Gasteiger partial charge on any atom is -0.507 e. The third kappa shape index (κ3) is 2.60. The molecule has 2 saturated carbocycles. The van der Waals surface area contributed by atoms with Crippen LogP contribution in [0.2, 0.25) is 0 Å². The van der Waals surface area contributed by atoms with Crippen molar-refractivity contribution in [1.82, 2.24) is 5.43 Å². The van der Waals surface area contributed by atoms with E-state index >= 15 is 0 Å². The fourth-order valence-corrected chi connectivity index (χ4v) is 4.12. The molecule has 2 aliphatic carbocycles. The zero-order chi connectivity index (χ0) is 15.9. The van der Waals surface area contributed by atoms with Crippen LogP contribution >= 0.6 is 15.9 Å². The summed E-state index contributed by atoms with van der Waals surface area (Å²) in [6.45, 7) is 2.19. The number of phenolic OH excluding ortho intramolecular Hbond substituents is 2. The van der Waals surface area contributed by atoms with Crippen LogP contribution in [0.4, 0.5) is 0 Å². The second kappa shape index (κ2) is 5.57. The first-order chi connectivity index (χ1) is 10.4. The van der Waals surface area contributed by atoms with Gasteiger partial charge in [-0.3, -0.25) is 4.79 Å². The highest BCUT2D eigenvalue weighted by molar-refractivity contribution is 9.10. The molecule has 0 radical (unpaired) electrons. The van der Waals surface area contributed by atoms with Crippen LogP contribution in [0.5, 0.6) is 11.5 Å². The Balaban J connectivity index is 1.63. The highest BCUT2D eigenvalue weighted by atomic mass is 79.9. The zero-order valence-corrected chi connectivity index (χ0v) is 13.9. The number of hydrazone groups is 1. The first-order valence-electron chi connectivity index (χ1n) is 7.48. The van der Waals surface area contributed by atoms with E-state index in [0.717, 1.165) is 12.8 Å². The minimum atomic E-state index is -0.0919. The summed E-state index contributed by atoms with van der Waals surface area (Å²) in [5.41, 5.74) is 3.15. The maximum Gasteiger partial charge on any atom is 0.244 e. The van der Waals surface area contributed by atoms with E-state index in [0.29, 0.717) is 16.0 Å². The lowest BCUT2D eigenvalue weighted by Crippen LogP contribution is -2.22. The van der Waals surface area contributed by atoms with Crippen LogP contribution in [0.25, 0.3) is 0 Å². The van der Waals surface area contributed by atoms with Crippen molar-refractivity contribution in [2.45, 2.75) is 32.6 Å². The normalized spacial score (nSPS) is 30.1. The number of nitrogens with zero attached hydrogens (tertiary/aromatic N) is 1. The largest absolute Gasteiger partial charge is 0.507 e. The quantitative estimate of drug-likeness (QED) is 0.567. The van der Waals surface area contributed by atoms with Crippen molar-refractivity contribution < 1.29 is 15.0 Å². The summed E-state index contributed by atoms with van der Waals surface area (Å²) >= 11 is 3.17. The highest BCUT2D eigenvalue weighted by Crippen LogP contribution is 2.66. The molecule has 1 aromatic rings. The van der Waals surface area contributed by atoms with Gasteiger partial charge >= 0.3 is 0 Å². The zero-order valence-electron chi connectivity index (χ0n) is 12.3. The molecule has 0 unspecified atom stereocenters. The Bertz CT molecular complexity index is 647. The molecule has 0 aromatic heterocycles. The number of carbonyl (C=O) groups is 1. The van der Waals surface area contributed by atoms with Gasteiger partial charge in [-0.2, -0.15) is 5.10 Å². The molecule has 0 heterocycles. The molecular weight excluding hydrogens is 348 g/mol. The van der Waals surface area contributed by atoms with Gasteiger partial charge in [0.2, 0.25) is 5.91 Å². The number of phenols is 2. The fraction of sp³-hybridized carbons (Fsp3) is 0.500. The molecule has 22 heavy (non-hydrogen) atoms. The molecule has 0 spiro atoms. The van der Waals surface area contributed by atoms with Crippen LogP contribution in [0, 0.1) is 17.3 Å². The van der Waals surface area contributed by atoms with Crippen LogP contribution < -0.4 is 5.43 Å². The van der Waals surface area contributed by atoms with Gasteiger partial charge in [0.1, 0.15) is 11.5 Å². The highest BCUT2D eigenvalue weighted by Gasteiger charge is 2.64. The topological polar surface area (TPSA) is 81.9 Å². The second-order valence-electron chi connectivity index (χ2n) is 6.43. The molecule has 3 rings (SSSR count). The lowest BCUT2D eigenvalue weighted by Gasteiger charge is -2.15. The first kappa shape index (κ1) is 15.3. The first-order valence-corrected chi connectivity index (χ1v) is 8.27. The number of benzene rings is 1. The second-order valence-corrected chi connectivity index (χ2v) is 7.29. The third-order valence-corrected chi connectivity index (χ3v) is 5.72. The number of hydrogen-bond acceptors (Lipinski definition) is 4. The Morgan fingerprint density at radius 1 is 1.41 bits per heavy atom. The molecule has 0 aliphatic heterocycles. The molecule has 1 aromatic carbocycles. The lowest BCUT2D eigenvalue weighted by atomic mass is 9.90. The van der Waals surface area contributed by atoms with Gasteiger partial charge in [0.25, 0.3) is 0 Å².